The number of aryl methyl sites for hydroxylation is 1. The maximum Gasteiger partial charge on any atom is 0.266 e. The number of aromatic nitrogens is 3. The predicted octanol–water partition coefficient (Wildman–Crippen LogP) is 4.07. The number of alkyl halides is 3. The van der Waals surface area contributed by atoms with Crippen molar-refractivity contribution < 1.29 is 17.6 Å². The molecule has 1 aliphatic heterocycles. The molecule has 3 heterocycles. The van der Waals surface area contributed by atoms with Gasteiger partial charge in [-0.2, -0.15) is 0 Å². The molecule has 3 atom stereocenters. The molecule has 10 heteroatoms. The van der Waals surface area contributed by atoms with Crippen molar-refractivity contribution in [1.29, 1.82) is 0 Å². The van der Waals surface area contributed by atoms with Gasteiger partial charge in [0.05, 0.1) is 35.9 Å². The topological polar surface area (TPSA) is 80.0 Å². The van der Waals surface area contributed by atoms with Gasteiger partial charge >= 0.3 is 0 Å². The highest BCUT2D eigenvalue weighted by Crippen LogP contribution is 2.31. The second-order valence-corrected chi connectivity index (χ2v) is 7.68. The first-order valence-corrected chi connectivity index (χ1v) is 9.86. The summed E-state index contributed by atoms with van der Waals surface area (Å²) >= 11 is 0. The van der Waals surface area contributed by atoms with Gasteiger partial charge in [-0.05, 0) is 19.9 Å². The van der Waals surface area contributed by atoms with E-state index in [1.807, 2.05) is 0 Å². The lowest BCUT2D eigenvalue weighted by molar-refractivity contribution is 0.146. The molecule has 1 aromatic carbocycles. The second-order valence-electron chi connectivity index (χ2n) is 7.68. The van der Waals surface area contributed by atoms with Crippen LogP contribution in [0.15, 0.2) is 30.5 Å². The molecule has 0 saturated carbocycles. The number of halogens is 4. The molecule has 3 aromatic rings. The summed E-state index contributed by atoms with van der Waals surface area (Å²) in [7, 11) is 0. The van der Waals surface area contributed by atoms with Crippen molar-refractivity contribution >= 4 is 22.5 Å². The smallest absolute Gasteiger partial charge is 0.266 e. The molecule has 1 saturated heterocycles. The van der Waals surface area contributed by atoms with Gasteiger partial charge in [0.2, 0.25) is 0 Å². The first-order chi connectivity index (χ1) is 14.7. The van der Waals surface area contributed by atoms with Crippen LogP contribution in [0, 0.1) is 12.7 Å². The van der Waals surface area contributed by atoms with E-state index in [2.05, 4.69) is 20.3 Å². The highest BCUT2D eigenvalue weighted by atomic mass is 19.3. The standard InChI is InChI=1S/C21H22F4N6/c1-10(12-4-3-5-13(19(12)23)20(24)25)28-21-14-6-18(31-8-15(22)16(26)9-31)27-7-17(14)29-11(2)30-21/h3-7,10,15-16,20H,8-9,26H2,1-2H3,(H,28,29,30)/t10-,15-,16+/m1/s1. The van der Waals surface area contributed by atoms with Crippen molar-refractivity contribution in [3.8, 4) is 0 Å². The molecule has 2 aromatic heterocycles. The van der Waals surface area contributed by atoms with E-state index in [0.29, 0.717) is 34.9 Å². The minimum Gasteiger partial charge on any atom is -0.363 e. The minimum absolute atomic E-state index is 0.0993. The molecule has 6 nitrogen and oxygen atoms in total. The molecule has 0 bridgehead atoms. The van der Waals surface area contributed by atoms with Gasteiger partial charge in [0.25, 0.3) is 6.43 Å². The number of hydrogen-bond donors (Lipinski definition) is 2. The molecular weight excluding hydrogens is 412 g/mol. The zero-order valence-corrected chi connectivity index (χ0v) is 17.0. The Hall–Kier alpha value is -3.01. The van der Waals surface area contributed by atoms with Crippen LogP contribution in [0.2, 0.25) is 0 Å². The quantitative estimate of drug-likeness (QED) is 0.590. The third kappa shape index (κ3) is 4.12. The number of pyridine rings is 1. The number of benzene rings is 1. The summed E-state index contributed by atoms with van der Waals surface area (Å²) in [5.41, 5.74) is 5.78. The van der Waals surface area contributed by atoms with Crippen LogP contribution in [-0.2, 0) is 0 Å². The van der Waals surface area contributed by atoms with Crippen molar-refractivity contribution in [1.82, 2.24) is 15.0 Å². The molecule has 0 spiro atoms. The van der Waals surface area contributed by atoms with Crippen LogP contribution in [0.3, 0.4) is 0 Å². The summed E-state index contributed by atoms with van der Waals surface area (Å²) in [6.07, 6.45) is -2.49. The Balaban J connectivity index is 1.70. The highest BCUT2D eigenvalue weighted by Gasteiger charge is 2.31. The summed E-state index contributed by atoms with van der Waals surface area (Å²) in [4.78, 5) is 14.9. The second kappa shape index (κ2) is 8.26. The molecule has 0 amide bonds. The Labute approximate surface area is 176 Å². The SMILES string of the molecule is Cc1nc(N[C@H](C)c2cccc(C(F)F)c2F)c2cc(N3C[C@@H](F)[C@@H](N)C3)ncc2n1. The van der Waals surface area contributed by atoms with E-state index in [1.165, 1.54) is 12.1 Å². The number of nitrogens with one attached hydrogen (secondary N) is 1. The largest absolute Gasteiger partial charge is 0.363 e. The fourth-order valence-corrected chi connectivity index (χ4v) is 3.75. The van der Waals surface area contributed by atoms with E-state index in [-0.39, 0.29) is 12.1 Å². The van der Waals surface area contributed by atoms with Gasteiger partial charge < -0.3 is 16.0 Å². The molecule has 0 aliphatic carbocycles. The fraction of sp³-hybridized carbons (Fsp3) is 0.381. The van der Waals surface area contributed by atoms with E-state index < -0.39 is 36.1 Å². The molecular formula is C21H22F4N6. The number of nitrogens with zero attached hydrogens (tertiary/aromatic N) is 4. The average molecular weight is 434 g/mol. The van der Waals surface area contributed by atoms with Gasteiger partial charge in [0, 0.05) is 17.5 Å². The van der Waals surface area contributed by atoms with Gasteiger partial charge in [-0.25, -0.2) is 32.5 Å². The van der Waals surface area contributed by atoms with Crippen molar-refractivity contribution in [2.45, 2.75) is 38.5 Å². The van der Waals surface area contributed by atoms with Crippen LogP contribution < -0.4 is 16.0 Å². The van der Waals surface area contributed by atoms with Crippen molar-refractivity contribution in [2.75, 3.05) is 23.3 Å². The van der Waals surface area contributed by atoms with E-state index in [4.69, 9.17) is 5.73 Å². The summed E-state index contributed by atoms with van der Waals surface area (Å²) in [5.74, 6) is 0.443. The number of fused-ring (bicyclic) bond motifs is 1. The van der Waals surface area contributed by atoms with Crippen LogP contribution in [0.25, 0.3) is 10.9 Å². The third-order valence-electron chi connectivity index (χ3n) is 5.41. The van der Waals surface area contributed by atoms with Gasteiger partial charge in [-0.15, -0.1) is 0 Å². The Morgan fingerprint density at radius 2 is 1.94 bits per heavy atom. The van der Waals surface area contributed by atoms with Crippen LogP contribution in [0.5, 0.6) is 0 Å². The molecule has 1 fully saturated rings. The van der Waals surface area contributed by atoms with Gasteiger partial charge in [-0.1, -0.05) is 18.2 Å². The predicted molar refractivity (Wildman–Crippen MR) is 111 cm³/mol. The summed E-state index contributed by atoms with van der Waals surface area (Å²) < 4.78 is 54.6. The number of rotatable bonds is 5. The molecule has 4 rings (SSSR count). The Kier molecular flexibility index (Phi) is 5.65. The first kappa shape index (κ1) is 21.2. The van der Waals surface area contributed by atoms with E-state index in [0.717, 1.165) is 6.07 Å². The van der Waals surface area contributed by atoms with Gasteiger partial charge in [-0.3, -0.25) is 0 Å². The summed E-state index contributed by atoms with van der Waals surface area (Å²) in [6.45, 7) is 3.83. The third-order valence-corrected chi connectivity index (χ3v) is 5.41. The Morgan fingerprint density at radius 3 is 2.61 bits per heavy atom. The van der Waals surface area contributed by atoms with Crippen molar-refractivity contribution in [3.63, 3.8) is 0 Å². The maximum atomic E-state index is 14.6. The number of nitrogens with two attached hydrogens (primary N) is 1. The average Bonchev–Trinajstić information content (AvgIpc) is 3.06. The fourth-order valence-electron chi connectivity index (χ4n) is 3.75. The van der Waals surface area contributed by atoms with Crippen LogP contribution >= 0.6 is 0 Å². The van der Waals surface area contributed by atoms with Crippen molar-refractivity contribution in [3.05, 3.63) is 53.2 Å². The van der Waals surface area contributed by atoms with Gasteiger partial charge in [0.1, 0.15) is 29.4 Å². The molecule has 3 N–H and O–H groups in total. The number of anilines is 2. The normalized spacial score (nSPS) is 19.9. The van der Waals surface area contributed by atoms with E-state index in [9.17, 15) is 17.6 Å². The van der Waals surface area contributed by atoms with E-state index in [1.54, 1.807) is 31.0 Å². The zero-order valence-electron chi connectivity index (χ0n) is 17.0. The molecule has 0 unspecified atom stereocenters. The molecule has 164 valence electrons. The summed E-state index contributed by atoms with van der Waals surface area (Å²) in [6, 6.07) is 4.40. The lowest BCUT2D eigenvalue weighted by Gasteiger charge is -2.20. The Morgan fingerprint density at radius 1 is 1.19 bits per heavy atom. The van der Waals surface area contributed by atoms with Crippen LogP contribution in [-0.4, -0.2) is 40.3 Å². The van der Waals surface area contributed by atoms with E-state index >= 15 is 0 Å². The Bertz CT molecular complexity index is 1100. The first-order valence-electron chi connectivity index (χ1n) is 9.86. The van der Waals surface area contributed by atoms with Crippen LogP contribution in [0.4, 0.5) is 29.2 Å². The highest BCUT2D eigenvalue weighted by molar-refractivity contribution is 5.90. The molecule has 0 radical (unpaired) electrons. The lowest BCUT2D eigenvalue weighted by atomic mass is 10.0. The monoisotopic (exact) mass is 434 g/mol. The minimum atomic E-state index is -2.91. The maximum absolute atomic E-state index is 14.6. The van der Waals surface area contributed by atoms with Crippen molar-refractivity contribution in [2.24, 2.45) is 5.73 Å². The zero-order chi connectivity index (χ0) is 22.3. The lowest BCUT2D eigenvalue weighted by Crippen LogP contribution is -2.30. The molecule has 31 heavy (non-hydrogen) atoms. The van der Waals surface area contributed by atoms with Gasteiger partial charge in [0.15, 0.2) is 0 Å². The summed E-state index contributed by atoms with van der Waals surface area (Å²) in [5, 5.41) is 3.70. The van der Waals surface area contributed by atoms with Crippen LogP contribution in [0.1, 0.15) is 36.3 Å². The number of hydrogen-bond acceptors (Lipinski definition) is 6. The molecule has 1 aliphatic rings.